The fraction of sp³-hybridized carbons (Fsp3) is 0.571. The fourth-order valence-corrected chi connectivity index (χ4v) is 3.72. The van der Waals surface area contributed by atoms with Gasteiger partial charge in [-0.3, -0.25) is 9.59 Å². The first-order valence-electron chi connectivity index (χ1n) is 6.83. The van der Waals surface area contributed by atoms with Gasteiger partial charge in [0.05, 0.1) is 21.2 Å². The minimum atomic E-state index is -0.0977. The molecule has 0 atom stereocenters. The Balaban J connectivity index is 1.80. The number of ether oxygens (including phenoxy) is 1. The average Bonchev–Trinajstić information content (AvgIpc) is 2.86. The van der Waals surface area contributed by atoms with Crippen molar-refractivity contribution in [3.05, 3.63) is 20.8 Å². The number of thiophene rings is 1. The van der Waals surface area contributed by atoms with Gasteiger partial charge in [-0.25, -0.2) is 0 Å². The van der Waals surface area contributed by atoms with Crippen molar-refractivity contribution in [2.24, 2.45) is 5.92 Å². The van der Waals surface area contributed by atoms with Crippen LogP contribution < -0.4 is 5.32 Å². The second kappa shape index (κ2) is 7.22. The van der Waals surface area contributed by atoms with Gasteiger partial charge in [-0.05, 0) is 60.7 Å². The molecule has 1 aromatic heterocycles. The Kier molecular flexibility index (Phi) is 5.60. The fourth-order valence-electron chi connectivity index (χ4n) is 2.43. The Morgan fingerprint density at radius 2 is 2.05 bits per heavy atom. The van der Waals surface area contributed by atoms with E-state index in [0.717, 1.165) is 29.5 Å². The molecule has 4 nitrogen and oxygen atoms in total. The van der Waals surface area contributed by atoms with E-state index in [0.29, 0.717) is 11.5 Å². The number of carbonyl (C=O) groups is 2. The van der Waals surface area contributed by atoms with E-state index in [4.69, 9.17) is 4.74 Å². The van der Waals surface area contributed by atoms with E-state index in [9.17, 15) is 9.59 Å². The molecule has 0 radical (unpaired) electrons. The van der Waals surface area contributed by atoms with Crippen molar-refractivity contribution in [2.45, 2.75) is 38.6 Å². The molecular weight excluding hydrogens is 342 g/mol. The Bertz CT molecular complexity index is 481. The van der Waals surface area contributed by atoms with Crippen LogP contribution in [-0.4, -0.2) is 24.5 Å². The molecule has 0 spiro atoms. The summed E-state index contributed by atoms with van der Waals surface area (Å²) < 4.78 is 5.99. The highest BCUT2D eigenvalue weighted by atomic mass is 79.9. The van der Waals surface area contributed by atoms with Crippen molar-refractivity contribution < 1.29 is 14.3 Å². The summed E-state index contributed by atoms with van der Waals surface area (Å²) in [5.41, 5.74) is 0. The number of halogens is 1. The Hall–Kier alpha value is -0.880. The highest BCUT2D eigenvalue weighted by Gasteiger charge is 2.28. The summed E-state index contributed by atoms with van der Waals surface area (Å²) in [7, 11) is 0. The van der Waals surface area contributed by atoms with Gasteiger partial charge in [0.25, 0.3) is 5.91 Å². The molecule has 1 aliphatic carbocycles. The zero-order valence-corrected chi connectivity index (χ0v) is 13.8. The summed E-state index contributed by atoms with van der Waals surface area (Å²) >= 11 is 4.78. The van der Waals surface area contributed by atoms with E-state index in [1.165, 1.54) is 11.3 Å². The SMILES string of the molecule is CCOC(=O)C1CCC(NC(=O)c2ccc(Br)s2)CC1. The van der Waals surface area contributed by atoms with Crippen LogP contribution >= 0.6 is 27.3 Å². The first kappa shape index (κ1) is 15.5. The van der Waals surface area contributed by atoms with Crippen molar-refractivity contribution in [1.82, 2.24) is 5.32 Å². The van der Waals surface area contributed by atoms with Crippen LogP contribution in [0, 0.1) is 5.92 Å². The lowest BCUT2D eigenvalue weighted by atomic mass is 9.86. The second-order valence-electron chi connectivity index (χ2n) is 4.88. The molecular formula is C14H18BrNO3S. The maximum atomic E-state index is 12.0. The van der Waals surface area contributed by atoms with Gasteiger partial charge < -0.3 is 10.1 Å². The van der Waals surface area contributed by atoms with Crippen LogP contribution in [0.25, 0.3) is 0 Å². The Labute approximate surface area is 131 Å². The standard InChI is InChI=1S/C14H18BrNO3S/c1-2-19-14(18)9-3-5-10(6-4-9)16-13(17)11-7-8-12(15)20-11/h7-10H,2-6H2,1H3,(H,16,17). The summed E-state index contributed by atoms with van der Waals surface area (Å²) in [6, 6.07) is 3.85. The van der Waals surface area contributed by atoms with Gasteiger partial charge in [-0.1, -0.05) is 0 Å². The molecule has 1 N–H and O–H groups in total. The molecule has 1 amide bonds. The van der Waals surface area contributed by atoms with E-state index in [-0.39, 0.29) is 23.8 Å². The summed E-state index contributed by atoms with van der Waals surface area (Å²) in [5.74, 6) is -0.126. The molecule has 6 heteroatoms. The largest absolute Gasteiger partial charge is 0.466 e. The van der Waals surface area contributed by atoms with E-state index < -0.39 is 0 Å². The van der Waals surface area contributed by atoms with Gasteiger partial charge in [-0.2, -0.15) is 0 Å². The quantitative estimate of drug-likeness (QED) is 0.838. The van der Waals surface area contributed by atoms with E-state index in [1.807, 2.05) is 19.1 Å². The van der Waals surface area contributed by atoms with Crippen LogP contribution in [0.1, 0.15) is 42.3 Å². The van der Waals surface area contributed by atoms with E-state index >= 15 is 0 Å². The van der Waals surface area contributed by atoms with Crippen molar-refractivity contribution in [3.8, 4) is 0 Å². The zero-order valence-electron chi connectivity index (χ0n) is 11.4. The van der Waals surface area contributed by atoms with E-state index in [1.54, 1.807) is 0 Å². The molecule has 20 heavy (non-hydrogen) atoms. The highest BCUT2D eigenvalue weighted by molar-refractivity contribution is 9.11. The van der Waals surface area contributed by atoms with Gasteiger partial charge in [-0.15, -0.1) is 11.3 Å². The number of carbonyl (C=O) groups excluding carboxylic acids is 2. The minimum absolute atomic E-state index is 0.000940. The number of amides is 1. The monoisotopic (exact) mass is 359 g/mol. The third-order valence-electron chi connectivity index (χ3n) is 3.48. The first-order chi connectivity index (χ1) is 9.60. The van der Waals surface area contributed by atoms with Crippen LogP contribution in [0.15, 0.2) is 15.9 Å². The minimum Gasteiger partial charge on any atom is -0.466 e. The summed E-state index contributed by atoms with van der Waals surface area (Å²) in [4.78, 5) is 24.4. The molecule has 2 rings (SSSR count). The number of rotatable bonds is 4. The van der Waals surface area contributed by atoms with Crippen molar-refractivity contribution in [1.29, 1.82) is 0 Å². The lowest BCUT2D eigenvalue weighted by Crippen LogP contribution is -2.38. The molecule has 0 saturated heterocycles. The van der Waals surface area contributed by atoms with Crippen LogP contribution in [0.4, 0.5) is 0 Å². The lowest BCUT2D eigenvalue weighted by Gasteiger charge is -2.27. The van der Waals surface area contributed by atoms with Crippen LogP contribution in [-0.2, 0) is 9.53 Å². The third kappa shape index (κ3) is 4.06. The molecule has 0 aliphatic heterocycles. The van der Waals surface area contributed by atoms with Gasteiger partial charge in [0, 0.05) is 6.04 Å². The molecule has 110 valence electrons. The maximum absolute atomic E-state index is 12.0. The second-order valence-corrected chi connectivity index (χ2v) is 7.34. The molecule has 1 fully saturated rings. The van der Waals surface area contributed by atoms with Crippen LogP contribution in [0.5, 0.6) is 0 Å². The predicted molar refractivity (Wildman–Crippen MR) is 81.9 cm³/mol. The third-order valence-corrected chi connectivity index (χ3v) is 5.10. The average molecular weight is 360 g/mol. The number of hydrogen-bond acceptors (Lipinski definition) is 4. The molecule has 0 aromatic carbocycles. The molecule has 1 aliphatic rings. The summed E-state index contributed by atoms with van der Waals surface area (Å²) in [5, 5.41) is 3.04. The Morgan fingerprint density at radius 3 is 2.60 bits per heavy atom. The van der Waals surface area contributed by atoms with Gasteiger partial charge in [0.15, 0.2) is 0 Å². The molecule has 0 unspecified atom stereocenters. The topological polar surface area (TPSA) is 55.4 Å². The van der Waals surface area contributed by atoms with Crippen LogP contribution in [0.3, 0.4) is 0 Å². The van der Waals surface area contributed by atoms with Gasteiger partial charge >= 0.3 is 5.97 Å². The maximum Gasteiger partial charge on any atom is 0.308 e. The lowest BCUT2D eigenvalue weighted by molar-refractivity contribution is -0.149. The van der Waals surface area contributed by atoms with E-state index in [2.05, 4.69) is 21.2 Å². The van der Waals surface area contributed by atoms with Crippen molar-refractivity contribution in [2.75, 3.05) is 6.61 Å². The molecule has 0 bridgehead atoms. The first-order valence-corrected chi connectivity index (χ1v) is 8.44. The molecule has 1 heterocycles. The highest BCUT2D eigenvalue weighted by Crippen LogP contribution is 2.26. The van der Waals surface area contributed by atoms with Crippen molar-refractivity contribution in [3.63, 3.8) is 0 Å². The predicted octanol–water partition coefficient (Wildman–Crippen LogP) is 3.36. The number of nitrogens with one attached hydrogen (secondary N) is 1. The van der Waals surface area contributed by atoms with Gasteiger partial charge in [0.2, 0.25) is 0 Å². The van der Waals surface area contributed by atoms with Crippen molar-refractivity contribution >= 4 is 39.1 Å². The normalized spacial score (nSPS) is 22.3. The summed E-state index contributed by atoms with van der Waals surface area (Å²) in [6.07, 6.45) is 3.25. The summed E-state index contributed by atoms with van der Waals surface area (Å²) in [6.45, 7) is 2.26. The molecule has 1 aromatic rings. The zero-order chi connectivity index (χ0) is 14.5. The molecule has 1 saturated carbocycles. The number of hydrogen-bond donors (Lipinski definition) is 1. The van der Waals surface area contributed by atoms with Gasteiger partial charge in [0.1, 0.15) is 0 Å². The Morgan fingerprint density at radius 1 is 1.35 bits per heavy atom. The van der Waals surface area contributed by atoms with Crippen LogP contribution in [0.2, 0.25) is 0 Å². The smallest absolute Gasteiger partial charge is 0.308 e. The number of esters is 1.